The van der Waals surface area contributed by atoms with Gasteiger partial charge in [0.1, 0.15) is 17.3 Å². The highest BCUT2D eigenvalue weighted by molar-refractivity contribution is 5.83. The zero-order valence-corrected chi connectivity index (χ0v) is 18.3. The molecule has 5 nitrogen and oxygen atoms in total. The van der Waals surface area contributed by atoms with Gasteiger partial charge in [-0.15, -0.1) is 5.92 Å². The minimum absolute atomic E-state index is 0.0261. The molecule has 2 aliphatic carbocycles. The van der Waals surface area contributed by atoms with E-state index in [1.165, 1.54) is 0 Å². The fourth-order valence-corrected chi connectivity index (χ4v) is 5.85. The molecule has 1 aromatic rings. The van der Waals surface area contributed by atoms with Crippen LogP contribution in [-0.2, 0) is 15.0 Å². The van der Waals surface area contributed by atoms with E-state index in [4.69, 9.17) is 19.9 Å². The lowest BCUT2D eigenvalue weighted by Crippen LogP contribution is -2.53. The van der Waals surface area contributed by atoms with E-state index >= 15 is 0 Å². The molecule has 8 heteroatoms. The molecule has 6 rings (SSSR count). The third kappa shape index (κ3) is 2.53. The Morgan fingerprint density at radius 2 is 2.09 bits per heavy atom. The smallest absolute Gasteiger partial charge is 0.389 e. The molecule has 4 unspecified atom stereocenters. The fraction of sp³-hybridized carbons (Fsp3) is 0.346. The van der Waals surface area contributed by atoms with E-state index in [2.05, 4.69) is 16.8 Å². The topological polar surface area (TPSA) is 66.1 Å². The van der Waals surface area contributed by atoms with Crippen molar-refractivity contribution in [1.82, 2.24) is 0 Å². The second-order valence-corrected chi connectivity index (χ2v) is 8.95. The Balaban J connectivity index is 1.45. The van der Waals surface area contributed by atoms with E-state index in [0.717, 1.165) is 16.7 Å². The lowest BCUT2D eigenvalue weighted by Gasteiger charge is -2.40. The zero-order chi connectivity index (χ0) is 23.8. The van der Waals surface area contributed by atoms with Gasteiger partial charge in [0.2, 0.25) is 0 Å². The number of hydrogen-bond donors (Lipinski definition) is 1. The number of amidine groups is 1. The first kappa shape index (κ1) is 21.1. The van der Waals surface area contributed by atoms with Crippen LogP contribution >= 0.6 is 0 Å². The van der Waals surface area contributed by atoms with Gasteiger partial charge in [-0.2, -0.15) is 13.2 Å². The molecule has 2 N–H and O–H groups in total. The highest BCUT2D eigenvalue weighted by Crippen LogP contribution is 2.87. The number of fused-ring (bicyclic) bond motifs is 1. The van der Waals surface area contributed by atoms with Gasteiger partial charge in [-0.3, -0.25) is 0 Å². The second kappa shape index (κ2) is 6.80. The normalized spacial score (nSPS) is 38.9. The molecule has 1 saturated carbocycles. The molecular formula is C26H21F3N2O3. The molecule has 174 valence electrons. The molecule has 3 aliphatic heterocycles. The number of halogens is 3. The van der Waals surface area contributed by atoms with Gasteiger partial charge in [0.25, 0.3) is 11.8 Å². The van der Waals surface area contributed by atoms with Gasteiger partial charge in [-0.1, -0.05) is 36.3 Å². The Morgan fingerprint density at radius 1 is 1.24 bits per heavy atom. The highest BCUT2D eigenvalue weighted by atomic mass is 19.4. The molecule has 3 heterocycles. The van der Waals surface area contributed by atoms with Gasteiger partial charge >= 0.3 is 6.18 Å². The minimum atomic E-state index is -4.29. The van der Waals surface area contributed by atoms with Crippen molar-refractivity contribution in [3.05, 3.63) is 71.4 Å². The predicted octanol–water partition coefficient (Wildman–Crippen LogP) is 4.52. The van der Waals surface area contributed by atoms with Crippen LogP contribution < -0.4 is 10.5 Å². The van der Waals surface area contributed by atoms with Crippen LogP contribution in [0.2, 0.25) is 0 Å². The molecule has 0 amide bonds. The maximum atomic E-state index is 13.0. The van der Waals surface area contributed by atoms with Crippen molar-refractivity contribution in [2.45, 2.75) is 43.4 Å². The van der Waals surface area contributed by atoms with Gasteiger partial charge in [0, 0.05) is 17.6 Å². The largest absolute Gasteiger partial charge is 0.489 e. The number of nitrogens with two attached hydrogens (primary N) is 1. The molecular weight excluding hydrogens is 445 g/mol. The summed E-state index contributed by atoms with van der Waals surface area (Å²) in [6.07, 6.45) is 5.45. The summed E-state index contributed by atoms with van der Waals surface area (Å²) in [6, 6.07) is 5.58. The van der Waals surface area contributed by atoms with Crippen LogP contribution in [0.4, 0.5) is 13.2 Å². The Morgan fingerprint density at radius 3 is 2.82 bits per heavy atom. The Bertz CT molecular complexity index is 1310. The van der Waals surface area contributed by atoms with E-state index in [0.29, 0.717) is 11.3 Å². The first-order valence-corrected chi connectivity index (χ1v) is 11.0. The number of aliphatic imine (C=N–C) groups is 1. The zero-order valence-electron chi connectivity index (χ0n) is 18.3. The summed E-state index contributed by atoms with van der Waals surface area (Å²) >= 11 is 0. The average molecular weight is 466 g/mol. The maximum absolute atomic E-state index is 13.0. The van der Waals surface area contributed by atoms with Crippen LogP contribution in [0.1, 0.15) is 30.9 Å². The van der Waals surface area contributed by atoms with Crippen molar-refractivity contribution < 1.29 is 27.4 Å². The molecule has 0 radical (unpaired) electrons. The number of allylic oxidation sites excluding steroid dienone is 8. The lowest BCUT2D eigenvalue weighted by atomic mass is 9.82. The number of hydrogen-bond acceptors (Lipinski definition) is 5. The Kier molecular flexibility index (Phi) is 4.22. The summed E-state index contributed by atoms with van der Waals surface area (Å²) in [4.78, 5) is 4.63. The molecule has 4 atom stereocenters. The molecule has 3 spiro atoms. The van der Waals surface area contributed by atoms with Crippen LogP contribution in [0.25, 0.3) is 5.57 Å². The minimum Gasteiger partial charge on any atom is -0.489 e. The maximum Gasteiger partial charge on any atom is 0.389 e. The molecule has 2 fully saturated rings. The van der Waals surface area contributed by atoms with Gasteiger partial charge < -0.3 is 19.9 Å². The first-order valence-electron chi connectivity index (χ1n) is 11.0. The molecule has 0 bridgehead atoms. The summed E-state index contributed by atoms with van der Waals surface area (Å²) in [5.74, 6) is 5.26. The molecule has 1 saturated heterocycles. The van der Waals surface area contributed by atoms with Crippen molar-refractivity contribution in [1.29, 1.82) is 0 Å². The summed E-state index contributed by atoms with van der Waals surface area (Å²) < 4.78 is 57.0. The third-order valence-electron chi connectivity index (χ3n) is 7.24. The third-order valence-corrected chi connectivity index (χ3v) is 7.24. The monoisotopic (exact) mass is 466 g/mol. The Labute approximate surface area is 194 Å². The van der Waals surface area contributed by atoms with Crippen LogP contribution in [0, 0.1) is 17.3 Å². The number of nitrogens with zero attached hydrogens (tertiary/aromatic N) is 1. The van der Waals surface area contributed by atoms with Gasteiger partial charge in [0.05, 0.1) is 6.61 Å². The van der Waals surface area contributed by atoms with Gasteiger partial charge in [0.15, 0.2) is 5.54 Å². The van der Waals surface area contributed by atoms with Crippen molar-refractivity contribution in [3.8, 4) is 17.6 Å². The number of alkyl halides is 3. The first-order chi connectivity index (χ1) is 16.3. The molecule has 0 aromatic heterocycles. The highest BCUT2D eigenvalue weighted by Gasteiger charge is 3.04. The van der Waals surface area contributed by atoms with E-state index in [1.807, 2.05) is 48.6 Å². The fourth-order valence-electron chi connectivity index (χ4n) is 5.85. The number of benzene rings is 1. The second-order valence-electron chi connectivity index (χ2n) is 8.95. The molecule has 5 aliphatic rings. The van der Waals surface area contributed by atoms with Crippen molar-refractivity contribution in [2.24, 2.45) is 16.1 Å². The summed E-state index contributed by atoms with van der Waals surface area (Å²) in [7, 11) is 0. The van der Waals surface area contributed by atoms with Gasteiger partial charge in [-0.05, 0) is 48.8 Å². The summed E-state index contributed by atoms with van der Waals surface area (Å²) in [5.41, 5.74) is 7.46. The van der Waals surface area contributed by atoms with Crippen LogP contribution in [0.15, 0.2) is 65.2 Å². The Hall–Kier alpha value is -3.44. The molecule has 34 heavy (non-hydrogen) atoms. The number of rotatable bonds is 3. The summed E-state index contributed by atoms with van der Waals surface area (Å²) in [5, 5.41) is 0. The SMILES string of the molecule is CC#CC1=C/C(c2ccc3c(c2)C24N=C(N)OC25OCC54C(CCC(F)(F)F)O3)=C\C=C\C=C\1. The van der Waals surface area contributed by atoms with Crippen molar-refractivity contribution in [3.63, 3.8) is 0 Å². The number of ether oxygens (including phenoxy) is 3. The lowest BCUT2D eigenvalue weighted by molar-refractivity contribution is -0.250. The predicted molar refractivity (Wildman–Crippen MR) is 119 cm³/mol. The van der Waals surface area contributed by atoms with E-state index in [9.17, 15) is 13.2 Å². The van der Waals surface area contributed by atoms with Crippen molar-refractivity contribution >= 4 is 11.6 Å². The quantitative estimate of drug-likeness (QED) is 0.666. The van der Waals surface area contributed by atoms with Gasteiger partial charge in [-0.25, -0.2) is 4.99 Å². The van der Waals surface area contributed by atoms with Crippen LogP contribution in [0.5, 0.6) is 5.75 Å². The van der Waals surface area contributed by atoms with Crippen LogP contribution in [0.3, 0.4) is 0 Å². The van der Waals surface area contributed by atoms with E-state index in [1.54, 1.807) is 13.0 Å². The standard InChI is InChI=1S/C26H21F3N2O3/c1-2-6-16-7-4-3-5-8-17(13-16)18-9-10-20-19(14-18)25-23(21(33-20)11-12-24(27,28)29)15-32-26(23,25)34-22(30)31-25/h3-5,7-10,13-14,21H,11-12,15H2,1H3,(H2,30,31)/b4-3?,5-3+,7-4+,8-5?,16-7?,16-13-,17-8+,17-13?. The summed E-state index contributed by atoms with van der Waals surface area (Å²) in [6.45, 7) is 1.98. The van der Waals surface area contributed by atoms with E-state index in [-0.39, 0.29) is 19.0 Å². The molecule has 1 aromatic carbocycles. The van der Waals surface area contributed by atoms with E-state index < -0.39 is 35.4 Å². The average Bonchev–Trinajstić information content (AvgIpc) is 2.97. The van der Waals surface area contributed by atoms with Crippen LogP contribution in [-0.4, -0.2) is 30.7 Å². The van der Waals surface area contributed by atoms with Crippen molar-refractivity contribution in [2.75, 3.05) is 6.61 Å².